The highest BCUT2D eigenvalue weighted by atomic mass is 32.2. The third kappa shape index (κ3) is 2.65. The Morgan fingerprint density at radius 1 is 1.12 bits per heavy atom. The number of nitrogens with zero attached hydrogens (tertiary/aromatic N) is 1. The quantitative estimate of drug-likeness (QED) is 0.730. The highest BCUT2D eigenvalue weighted by Crippen LogP contribution is 2.38. The number of benzene rings is 2. The summed E-state index contributed by atoms with van der Waals surface area (Å²) in [5, 5.41) is 1.30. The van der Waals surface area contributed by atoms with Crippen LogP contribution in [0.25, 0.3) is 16.5 Å². The summed E-state index contributed by atoms with van der Waals surface area (Å²) in [6.45, 7) is 1.51. The maximum Gasteiger partial charge on any atom is 0.236 e. The number of thioether (sulfide) groups is 1. The number of amides is 1. The van der Waals surface area contributed by atoms with Gasteiger partial charge >= 0.3 is 0 Å². The second-order valence-corrected chi connectivity index (χ2v) is 8.17. The molecule has 3 nitrogen and oxygen atoms in total. The van der Waals surface area contributed by atoms with Crippen LogP contribution in [0.15, 0.2) is 65.7 Å². The van der Waals surface area contributed by atoms with Gasteiger partial charge in [-0.1, -0.05) is 42.5 Å². The number of para-hydroxylation sites is 1. The Balaban J connectivity index is 1.32. The predicted molar refractivity (Wildman–Crippen MR) is 107 cm³/mol. The first-order valence-electron chi connectivity index (χ1n) is 9.08. The molecular weight excluding hydrogens is 340 g/mol. The molecule has 130 valence electrons. The number of nitrogens with one attached hydrogen (secondary N) is 1. The molecule has 0 saturated heterocycles. The lowest BCUT2D eigenvalue weighted by Gasteiger charge is -2.28. The standard InChI is InChI=1S/C22H20N2OS/c25-22(21-13-16-5-1-4-8-20(16)26-21)24-11-9-15(10-12-24)18-14-23-19-7-3-2-6-17(18)19/h1-9,14,21,23H,10-13H2. The Hall–Kier alpha value is -2.46. The normalized spacial score (nSPS) is 19.5. The maximum absolute atomic E-state index is 12.9. The van der Waals surface area contributed by atoms with E-state index in [1.54, 1.807) is 11.8 Å². The summed E-state index contributed by atoms with van der Waals surface area (Å²) in [7, 11) is 0. The number of hydrogen-bond donors (Lipinski definition) is 1. The predicted octanol–water partition coefficient (Wildman–Crippen LogP) is 4.50. The maximum atomic E-state index is 12.9. The van der Waals surface area contributed by atoms with Crippen molar-refractivity contribution in [1.82, 2.24) is 9.88 Å². The van der Waals surface area contributed by atoms with Gasteiger partial charge in [0, 0.05) is 40.6 Å². The first-order chi connectivity index (χ1) is 12.8. The smallest absolute Gasteiger partial charge is 0.236 e. The molecule has 3 heterocycles. The Bertz CT molecular complexity index is 995. The summed E-state index contributed by atoms with van der Waals surface area (Å²) in [5.74, 6) is 0.278. The van der Waals surface area contributed by atoms with Gasteiger partial charge in [-0.3, -0.25) is 4.79 Å². The van der Waals surface area contributed by atoms with Crippen molar-refractivity contribution >= 4 is 34.1 Å². The largest absolute Gasteiger partial charge is 0.361 e. The molecule has 2 aliphatic rings. The summed E-state index contributed by atoms with van der Waals surface area (Å²) < 4.78 is 0. The number of carbonyl (C=O) groups is 1. The van der Waals surface area contributed by atoms with Gasteiger partial charge in [-0.15, -0.1) is 11.8 Å². The van der Waals surface area contributed by atoms with Gasteiger partial charge in [0.2, 0.25) is 5.91 Å². The number of fused-ring (bicyclic) bond motifs is 2. The molecule has 2 aromatic carbocycles. The van der Waals surface area contributed by atoms with E-state index in [-0.39, 0.29) is 11.2 Å². The zero-order chi connectivity index (χ0) is 17.5. The highest BCUT2D eigenvalue weighted by molar-refractivity contribution is 8.01. The average Bonchev–Trinajstić information content (AvgIpc) is 3.32. The molecular formula is C22H20N2OS. The molecule has 1 amide bonds. The highest BCUT2D eigenvalue weighted by Gasteiger charge is 2.32. The molecule has 0 bridgehead atoms. The minimum absolute atomic E-state index is 0.0374. The van der Waals surface area contributed by atoms with Crippen LogP contribution in [-0.2, 0) is 11.2 Å². The first kappa shape index (κ1) is 15.8. The van der Waals surface area contributed by atoms with Gasteiger partial charge in [0.15, 0.2) is 0 Å². The Morgan fingerprint density at radius 2 is 1.96 bits per heavy atom. The lowest BCUT2D eigenvalue weighted by Crippen LogP contribution is -2.40. The molecule has 1 N–H and O–H groups in total. The fourth-order valence-corrected chi connectivity index (χ4v) is 5.25. The number of carbonyl (C=O) groups excluding carboxylic acids is 1. The van der Waals surface area contributed by atoms with Crippen LogP contribution in [0.1, 0.15) is 17.5 Å². The van der Waals surface area contributed by atoms with E-state index in [9.17, 15) is 4.79 Å². The monoisotopic (exact) mass is 360 g/mol. The van der Waals surface area contributed by atoms with Crippen LogP contribution in [0.2, 0.25) is 0 Å². The van der Waals surface area contributed by atoms with Crippen LogP contribution >= 0.6 is 11.8 Å². The second kappa shape index (κ2) is 6.36. The lowest BCUT2D eigenvalue weighted by molar-refractivity contribution is -0.130. The van der Waals surface area contributed by atoms with Gasteiger partial charge in [0.25, 0.3) is 0 Å². The number of aromatic amines is 1. The molecule has 0 saturated carbocycles. The molecule has 1 atom stereocenters. The van der Waals surface area contributed by atoms with E-state index in [4.69, 9.17) is 0 Å². The summed E-state index contributed by atoms with van der Waals surface area (Å²) in [6, 6.07) is 16.8. The Kier molecular flexibility index (Phi) is 3.86. The van der Waals surface area contributed by atoms with Crippen molar-refractivity contribution < 1.29 is 4.79 Å². The van der Waals surface area contributed by atoms with Gasteiger partial charge in [0.1, 0.15) is 0 Å². The molecule has 4 heteroatoms. The van der Waals surface area contributed by atoms with Crippen LogP contribution in [0.4, 0.5) is 0 Å². The molecule has 0 radical (unpaired) electrons. The molecule has 0 spiro atoms. The number of aromatic nitrogens is 1. The summed E-state index contributed by atoms with van der Waals surface area (Å²) in [4.78, 5) is 19.6. The van der Waals surface area contributed by atoms with E-state index in [1.807, 2.05) is 4.90 Å². The zero-order valence-corrected chi connectivity index (χ0v) is 15.3. The van der Waals surface area contributed by atoms with Crippen molar-refractivity contribution in [1.29, 1.82) is 0 Å². The zero-order valence-electron chi connectivity index (χ0n) is 14.4. The second-order valence-electron chi connectivity index (χ2n) is 6.93. The Labute approximate surface area is 157 Å². The summed E-state index contributed by atoms with van der Waals surface area (Å²) >= 11 is 1.72. The van der Waals surface area contributed by atoms with Crippen molar-refractivity contribution in [2.75, 3.05) is 13.1 Å². The van der Waals surface area contributed by atoms with Crippen molar-refractivity contribution in [3.05, 3.63) is 71.9 Å². The van der Waals surface area contributed by atoms with Gasteiger partial charge in [-0.2, -0.15) is 0 Å². The molecule has 1 aromatic heterocycles. The van der Waals surface area contributed by atoms with E-state index in [0.29, 0.717) is 6.54 Å². The van der Waals surface area contributed by atoms with Crippen molar-refractivity contribution in [2.24, 2.45) is 0 Å². The minimum atomic E-state index is 0.0374. The molecule has 0 fully saturated rings. The first-order valence-corrected chi connectivity index (χ1v) is 9.96. The topological polar surface area (TPSA) is 36.1 Å². The minimum Gasteiger partial charge on any atom is -0.361 e. The van der Waals surface area contributed by atoms with Crippen LogP contribution in [-0.4, -0.2) is 34.1 Å². The number of H-pyrrole nitrogens is 1. The van der Waals surface area contributed by atoms with E-state index in [2.05, 4.69) is 65.8 Å². The molecule has 3 aromatic rings. The summed E-state index contributed by atoms with van der Waals surface area (Å²) in [6.07, 6.45) is 6.09. The number of hydrogen-bond acceptors (Lipinski definition) is 2. The van der Waals surface area contributed by atoms with E-state index >= 15 is 0 Å². The van der Waals surface area contributed by atoms with Crippen LogP contribution in [0.3, 0.4) is 0 Å². The fraction of sp³-hybridized carbons (Fsp3) is 0.227. The molecule has 1 unspecified atom stereocenters. The van der Waals surface area contributed by atoms with Crippen LogP contribution < -0.4 is 0 Å². The SMILES string of the molecule is O=C(C1Cc2ccccc2S1)N1CC=C(c2c[nH]c3ccccc23)CC1. The Morgan fingerprint density at radius 3 is 2.81 bits per heavy atom. The van der Waals surface area contributed by atoms with Gasteiger partial charge in [-0.05, 0) is 36.1 Å². The lowest BCUT2D eigenvalue weighted by atomic mass is 9.98. The van der Waals surface area contributed by atoms with E-state index in [0.717, 1.165) is 19.4 Å². The molecule has 26 heavy (non-hydrogen) atoms. The van der Waals surface area contributed by atoms with Gasteiger partial charge < -0.3 is 9.88 Å². The van der Waals surface area contributed by atoms with Crippen LogP contribution in [0, 0.1) is 0 Å². The van der Waals surface area contributed by atoms with Crippen molar-refractivity contribution in [2.45, 2.75) is 23.0 Å². The van der Waals surface area contributed by atoms with Crippen molar-refractivity contribution in [3.63, 3.8) is 0 Å². The van der Waals surface area contributed by atoms with Crippen LogP contribution in [0.5, 0.6) is 0 Å². The molecule has 0 aliphatic carbocycles. The van der Waals surface area contributed by atoms with E-state index < -0.39 is 0 Å². The molecule has 5 rings (SSSR count). The van der Waals surface area contributed by atoms with E-state index in [1.165, 1.54) is 32.5 Å². The van der Waals surface area contributed by atoms with Crippen molar-refractivity contribution in [3.8, 4) is 0 Å². The number of rotatable bonds is 2. The van der Waals surface area contributed by atoms with Gasteiger partial charge in [-0.25, -0.2) is 0 Å². The van der Waals surface area contributed by atoms with Gasteiger partial charge in [0.05, 0.1) is 5.25 Å². The third-order valence-corrected chi connectivity index (χ3v) is 6.68. The summed E-state index contributed by atoms with van der Waals surface area (Å²) in [5.41, 5.74) is 5.09. The third-order valence-electron chi connectivity index (χ3n) is 5.38. The average molecular weight is 360 g/mol. The molecule has 2 aliphatic heterocycles. The fourth-order valence-electron chi connectivity index (χ4n) is 3.97.